The van der Waals surface area contributed by atoms with Crippen LogP contribution in [0.2, 0.25) is 0 Å². The van der Waals surface area contributed by atoms with Crippen molar-refractivity contribution in [1.82, 2.24) is 69.1 Å². The lowest BCUT2D eigenvalue weighted by molar-refractivity contribution is -0.143. The summed E-state index contributed by atoms with van der Waals surface area (Å²) < 4.78 is 0. The lowest BCUT2D eigenvalue weighted by Crippen LogP contribution is -2.59. The molecule has 29 heteroatoms. The van der Waals surface area contributed by atoms with Gasteiger partial charge in [0.1, 0.15) is 30.2 Å². The number of amides is 8. The van der Waals surface area contributed by atoms with E-state index in [4.69, 9.17) is 10.8 Å². The lowest BCUT2D eigenvalue weighted by Gasteiger charge is -2.34. The SMILES string of the molecule is CC1(CNCCN)CNCCNCC(C)(NC(=O)CCCC(=O)N[C@H](Cc2ccccc2)C(=O)N[C@H](Cc2ccccc2)C(=O)NC(CCCCNC(=O)CCCCCCC(=O)NCCCCC(NC(=O)NC(CCC(=O)O)C(=O)O)C(=O)O)C(=O)O)CNCCNC1. The first-order valence-corrected chi connectivity index (χ1v) is 32.5. The summed E-state index contributed by atoms with van der Waals surface area (Å²) in [7, 11) is 0. The van der Waals surface area contributed by atoms with E-state index < -0.39 is 89.8 Å². The number of benzene rings is 2. The molecular formula is C64H104N14O15. The van der Waals surface area contributed by atoms with Crippen LogP contribution in [0.1, 0.15) is 134 Å². The summed E-state index contributed by atoms with van der Waals surface area (Å²) in [5.74, 6) is -7.86. The topological polar surface area (TPSA) is 451 Å². The first kappa shape index (κ1) is 79.4. The van der Waals surface area contributed by atoms with Gasteiger partial charge < -0.3 is 95.3 Å². The van der Waals surface area contributed by atoms with E-state index in [2.05, 4.69) is 76.0 Å². The van der Waals surface area contributed by atoms with Crippen LogP contribution in [0.3, 0.4) is 0 Å². The molecule has 19 N–H and O–H groups in total. The van der Waals surface area contributed by atoms with E-state index in [0.717, 1.165) is 44.8 Å². The van der Waals surface area contributed by atoms with Crippen LogP contribution in [0.4, 0.5) is 4.79 Å². The molecule has 3 rings (SSSR count). The van der Waals surface area contributed by atoms with Gasteiger partial charge in [0, 0.05) is 135 Å². The Balaban J connectivity index is 1.43. The van der Waals surface area contributed by atoms with Gasteiger partial charge in [0.25, 0.3) is 0 Å². The highest BCUT2D eigenvalue weighted by atomic mass is 16.4. The summed E-state index contributed by atoms with van der Waals surface area (Å²) >= 11 is 0. The quantitative estimate of drug-likeness (QED) is 0.0388. The zero-order valence-electron chi connectivity index (χ0n) is 54.1. The van der Waals surface area contributed by atoms with E-state index in [1.165, 1.54) is 0 Å². The third-order valence-electron chi connectivity index (χ3n) is 15.6. The van der Waals surface area contributed by atoms with Crippen LogP contribution >= 0.6 is 0 Å². The molecule has 0 bridgehead atoms. The van der Waals surface area contributed by atoms with Crippen molar-refractivity contribution in [3.63, 3.8) is 0 Å². The fraction of sp³-hybridized carbons (Fsp3) is 0.641. The molecule has 1 aliphatic rings. The molecule has 2 aromatic rings. The molecule has 0 spiro atoms. The van der Waals surface area contributed by atoms with Crippen molar-refractivity contribution < 1.29 is 73.2 Å². The van der Waals surface area contributed by atoms with Crippen molar-refractivity contribution in [2.75, 3.05) is 85.1 Å². The van der Waals surface area contributed by atoms with Crippen LogP contribution in [-0.2, 0) is 60.8 Å². The molecule has 520 valence electrons. The first-order chi connectivity index (χ1) is 44.5. The van der Waals surface area contributed by atoms with Gasteiger partial charge in [-0.05, 0) is 82.3 Å². The highest BCUT2D eigenvalue weighted by Crippen LogP contribution is 2.14. The predicted octanol–water partition coefficient (Wildman–Crippen LogP) is -0.0334. The maximum Gasteiger partial charge on any atom is 0.326 e. The maximum absolute atomic E-state index is 14.3. The Kier molecular flexibility index (Phi) is 38.8. The Hall–Kier alpha value is -7.83. The smallest absolute Gasteiger partial charge is 0.326 e. The number of carboxylic acid groups (broad SMARTS) is 4. The van der Waals surface area contributed by atoms with Crippen molar-refractivity contribution >= 4 is 65.4 Å². The average Bonchev–Trinajstić information content (AvgIpc) is 1.96. The molecule has 5 atom stereocenters. The third kappa shape index (κ3) is 36.3. The molecule has 1 fully saturated rings. The number of urea groups is 1. The molecule has 3 unspecified atom stereocenters. The number of carbonyl (C=O) groups excluding carboxylic acids is 7. The Morgan fingerprint density at radius 3 is 1.33 bits per heavy atom. The highest BCUT2D eigenvalue weighted by Gasteiger charge is 2.32. The number of carbonyl (C=O) groups is 11. The average molecular weight is 1310 g/mol. The zero-order chi connectivity index (χ0) is 68.3. The van der Waals surface area contributed by atoms with Crippen molar-refractivity contribution in [2.24, 2.45) is 11.1 Å². The van der Waals surface area contributed by atoms with Gasteiger partial charge in [0.05, 0.1) is 5.54 Å². The molecular weight excluding hydrogens is 1200 g/mol. The van der Waals surface area contributed by atoms with E-state index in [1.54, 1.807) is 54.6 Å². The van der Waals surface area contributed by atoms with Gasteiger partial charge in [-0.3, -0.25) is 33.6 Å². The van der Waals surface area contributed by atoms with E-state index in [0.29, 0.717) is 89.7 Å². The Morgan fingerprint density at radius 2 is 0.871 bits per heavy atom. The number of hydrogen-bond acceptors (Lipinski definition) is 17. The molecule has 8 amide bonds. The minimum atomic E-state index is -1.52. The van der Waals surface area contributed by atoms with Gasteiger partial charge in [-0.1, -0.05) is 80.4 Å². The zero-order valence-corrected chi connectivity index (χ0v) is 54.1. The normalized spacial score (nSPS) is 17.8. The third-order valence-corrected chi connectivity index (χ3v) is 15.6. The molecule has 0 aromatic heterocycles. The monoisotopic (exact) mass is 1310 g/mol. The van der Waals surface area contributed by atoms with Gasteiger partial charge in [-0.25, -0.2) is 19.2 Å². The van der Waals surface area contributed by atoms with E-state index in [9.17, 15) is 68.1 Å². The second kappa shape index (κ2) is 45.5. The van der Waals surface area contributed by atoms with Crippen LogP contribution < -0.4 is 74.9 Å². The minimum absolute atomic E-state index is 0.00643. The Morgan fingerprint density at radius 1 is 0.452 bits per heavy atom. The van der Waals surface area contributed by atoms with Crippen molar-refractivity contribution in [3.05, 3.63) is 71.8 Å². The van der Waals surface area contributed by atoms with Crippen LogP contribution in [0.25, 0.3) is 0 Å². The predicted molar refractivity (Wildman–Crippen MR) is 348 cm³/mol. The fourth-order valence-electron chi connectivity index (χ4n) is 10.3. The molecule has 2 aromatic carbocycles. The number of carboxylic acids is 4. The fourth-order valence-corrected chi connectivity index (χ4v) is 10.3. The summed E-state index contributed by atoms with van der Waals surface area (Å²) in [6, 6.07) is 10.3. The summed E-state index contributed by atoms with van der Waals surface area (Å²) in [5.41, 5.74) is 6.47. The number of nitrogens with two attached hydrogens (primary N) is 1. The standard InChI is InChI=1S/C64H104N14O15/c1-63(40-66-33-30-65)41-67-34-36-69-43-64(2,44-70-37-35-68-42-63)78-55(82)27-17-26-54(81)73-50(38-45-18-7-5-8-19-45)57(85)75-51(39-46-20-9-6-10-21-46)58(86)74-47(59(87)88)22-13-15-31-71-52(79)24-11-3-4-12-25-53(80)72-32-16-14-23-48(60(89)90)76-62(93)77-49(61(91)92)28-29-56(83)84/h5-10,18-21,47-51,66-70H,3-4,11-17,22-44,65H2,1-2H3,(H,71,79)(H,72,80)(H,73,81)(H,74,86)(H,75,85)(H,78,82)(H,83,84)(H,87,88)(H,89,90)(H,91,92)(H2,76,77,93)/t47?,48?,49?,50-,51-,63?,64?/m1/s1. The molecule has 1 saturated heterocycles. The summed E-state index contributed by atoms with van der Waals surface area (Å²) in [5, 5.41) is 76.4. The van der Waals surface area contributed by atoms with Crippen LogP contribution in [0.5, 0.6) is 0 Å². The second-order valence-corrected chi connectivity index (χ2v) is 24.3. The summed E-state index contributed by atoms with van der Waals surface area (Å²) in [6.07, 6.45) is 3.83. The van der Waals surface area contributed by atoms with Crippen LogP contribution in [0.15, 0.2) is 60.7 Å². The van der Waals surface area contributed by atoms with Crippen LogP contribution in [0, 0.1) is 5.41 Å². The Labute approximate surface area is 545 Å². The number of unbranched alkanes of at least 4 members (excludes halogenated alkanes) is 5. The first-order valence-electron chi connectivity index (χ1n) is 32.5. The van der Waals surface area contributed by atoms with Gasteiger partial charge in [0.15, 0.2) is 0 Å². The van der Waals surface area contributed by atoms with E-state index in [-0.39, 0.29) is 100 Å². The minimum Gasteiger partial charge on any atom is -0.481 e. The molecule has 93 heavy (non-hydrogen) atoms. The van der Waals surface area contributed by atoms with Gasteiger partial charge in [-0.15, -0.1) is 0 Å². The molecule has 0 saturated carbocycles. The molecule has 0 aliphatic carbocycles. The molecule has 29 nitrogen and oxygen atoms in total. The second-order valence-electron chi connectivity index (χ2n) is 24.3. The number of rotatable bonds is 43. The molecule has 1 heterocycles. The summed E-state index contributed by atoms with van der Waals surface area (Å²) in [4.78, 5) is 139. The van der Waals surface area contributed by atoms with Crippen molar-refractivity contribution in [3.8, 4) is 0 Å². The van der Waals surface area contributed by atoms with Gasteiger partial charge in [-0.2, -0.15) is 0 Å². The lowest BCUT2D eigenvalue weighted by atomic mass is 9.90. The van der Waals surface area contributed by atoms with E-state index in [1.807, 2.05) is 13.0 Å². The van der Waals surface area contributed by atoms with Crippen molar-refractivity contribution in [1.29, 1.82) is 0 Å². The summed E-state index contributed by atoms with van der Waals surface area (Å²) in [6.45, 7) is 12.3. The largest absolute Gasteiger partial charge is 0.481 e. The van der Waals surface area contributed by atoms with Crippen LogP contribution in [-0.4, -0.2) is 207 Å². The highest BCUT2D eigenvalue weighted by molar-refractivity contribution is 5.94. The Bertz CT molecular complexity index is 2610. The number of aliphatic carboxylic acids is 4. The maximum atomic E-state index is 14.3. The van der Waals surface area contributed by atoms with E-state index >= 15 is 0 Å². The van der Waals surface area contributed by atoms with Gasteiger partial charge in [0.2, 0.25) is 35.4 Å². The number of hydrogen-bond donors (Lipinski definition) is 18. The molecule has 1 aliphatic heterocycles. The van der Waals surface area contributed by atoms with Gasteiger partial charge >= 0.3 is 29.9 Å². The van der Waals surface area contributed by atoms with Crippen molar-refractivity contribution in [2.45, 2.75) is 172 Å². The number of nitrogens with one attached hydrogen (secondary N) is 13. The molecule has 0 radical (unpaired) electrons.